The van der Waals surface area contributed by atoms with Gasteiger partial charge in [-0.25, -0.2) is 8.42 Å². The van der Waals surface area contributed by atoms with Gasteiger partial charge in [-0.2, -0.15) is 0 Å². The van der Waals surface area contributed by atoms with Gasteiger partial charge < -0.3 is 15.0 Å². The lowest BCUT2D eigenvalue weighted by Crippen LogP contribution is -2.55. The maximum absolute atomic E-state index is 14.7. The van der Waals surface area contributed by atoms with Gasteiger partial charge in [0.05, 0.1) is 17.7 Å². The number of rotatable bonds is 13. The maximum atomic E-state index is 14.7. The zero-order valence-corrected chi connectivity index (χ0v) is 28.9. The number of carbonyl (C=O) groups excluding carboxylic acids is 2. The van der Waals surface area contributed by atoms with E-state index in [1.54, 1.807) is 48.5 Å². The number of anilines is 1. The van der Waals surface area contributed by atoms with E-state index in [1.807, 2.05) is 49.4 Å². The molecule has 8 nitrogen and oxygen atoms in total. The SMILES string of the molecule is COc1cccc(N(CC(=O)N(Cc2ccc(Cl)cc2)C(Cc2ccccc2)C(=O)NC2CCCCC2)S(=O)(=O)c2ccc(C)cc2)c1. The number of hydrogen-bond donors (Lipinski definition) is 1. The van der Waals surface area contributed by atoms with Crippen molar-refractivity contribution in [1.29, 1.82) is 0 Å². The van der Waals surface area contributed by atoms with E-state index >= 15 is 0 Å². The lowest BCUT2D eigenvalue weighted by Gasteiger charge is -2.35. The van der Waals surface area contributed by atoms with Crippen molar-refractivity contribution in [3.63, 3.8) is 0 Å². The van der Waals surface area contributed by atoms with Gasteiger partial charge in [0.1, 0.15) is 18.3 Å². The third kappa shape index (κ3) is 8.96. The van der Waals surface area contributed by atoms with Crippen LogP contribution in [0.3, 0.4) is 0 Å². The molecule has 252 valence electrons. The van der Waals surface area contributed by atoms with Crippen LogP contribution in [0.4, 0.5) is 5.69 Å². The molecule has 0 spiro atoms. The number of ether oxygens (including phenoxy) is 1. The van der Waals surface area contributed by atoms with Gasteiger partial charge in [-0.15, -0.1) is 0 Å². The second kappa shape index (κ2) is 16.2. The first-order chi connectivity index (χ1) is 23.1. The van der Waals surface area contributed by atoms with E-state index < -0.39 is 28.5 Å². The van der Waals surface area contributed by atoms with Crippen LogP contribution in [0, 0.1) is 6.92 Å². The van der Waals surface area contributed by atoms with Crippen LogP contribution in [-0.4, -0.2) is 50.9 Å². The summed E-state index contributed by atoms with van der Waals surface area (Å²) >= 11 is 6.19. The molecule has 1 unspecified atom stereocenters. The zero-order chi connectivity index (χ0) is 34.1. The molecule has 0 aromatic heterocycles. The molecular formula is C38H42ClN3O5S. The Labute approximate surface area is 288 Å². The Kier molecular flexibility index (Phi) is 11.8. The summed E-state index contributed by atoms with van der Waals surface area (Å²) in [6, 6.07) is 28.8. The average molecular weight is 688 g/mol. The highest BCUT2D eigenvalue weighted by Crippen LogP contribution is 2.28. The first-order valence-electron chi connectivity index (χ1n) is 16.3. The predicted molar refractivity (Wildman–Crippen MR) is 190 cm³/mol. The Morgan fingerprint density at radius 1 is 0.875 bits per heavy atom. The molecule has 0 aliphatic heterocycles. The number of methoxy groups -OCH3 is 1. The highest BCUT2D eigenvalue weighted by molar-refractivity contribution is 7.92. The number of aryl methyl sites for hydroxylation is 1. The summed E-state index contributed by atoms with van der Waals surface area (Å²) in [6.07, 6.45) is 5.22. The number of halogens is 1. The van der Waals surface area contributed by atoms with E-state index in [2.05, 4.69) is 5.32 Å². The second-order valence-electron chi connectivity index (χ2n) is 12.2. The lowest BCUT2D eigenvalue weighted by atomic mass is 9.94. The number of nitrogens with zero attached hydrogens (tertiary/aromatic N) is 2. The van der Waals surface area contributed by atoms with Crippen LogP contribution in [0.1, 0.15) is 48.8 Å². The van der Waals surface area contributed by atoms with Gasteiger partial charge in [0.15, 0.2) is 0 Å². The molecule has 0 bridgehead atoms. The van der Waals surface area contributed by atoms with Gasteiger partial charge in [-0.1, -0.05) is 97.1 Å². The smallest absolute Gasteiger partial charge is 0.264 e. The minimum absolute atomic E-state index is 0.0206. The molecule has 10 heteroatoms. The first kappa shape index (κ1) is 35.0. The molecule has 0 radical (unpaired) electrons. The fourth-order valence-corrected chi connectivity index (χ4v) is 7.55. The molecule has 0 heterocycles. The number of amides is 2. The normalized spacial score (nSPS) is 14.1. The summed E-state index contributed by atoms with van der Waals surface area (Å²) in [5.41, 5.74) is 2.80. The lowest BCUT2D eigenvalue weighted by molar-refractivity contribution is -0.140. The summed E-state index contributed by atoms with van der Waals surface area (Å²) in [5, 5.41) is 3.77. The average Bonchev–Trinajstić information content (AvgIpc) is 3.10. The molecule has 48 heavy (non-hydrogen) atoms. The van der Waals surface area contributed by atoms with Crippen molar-refractivity contribution in [2.24, 2.45) is 0 Å². The van der Waals surface area contributed by atoms with Crippen molar-refractivity contribution in [2.45, 2.75) is 69.0 Å². The number of carbonyl (C=O) groups is 2. The van der Waals surface area contributed by atoms with E-state index in [-0.39, 0.29) is 35.5 Å². The van der Waals surface area contributed by atoms with Gasteiger partial charge in [-0.05, 0) is 67.3 Å². The molecule has 1 fully saturated rings. The zero-order valence-electron chi connectivity index (χ0n) is 27.3. The third-order valence-electron chi connectivity index (χ3n) is 8.72. The van der Waals surface area contributed by atoms with Crippen molar-refractivity contribution in [2.75, 3.05) is 18.0 Å². The number of benzene rings is 4. The highest BCUT2D eigenvalue weighted by atomic mass is 35.5. The first-order valence-corrected chi connectivity index (χ1v) is 18.1. The molecule has 1 atom stereocenters. The van der Waals surface area contributed by atoms with Gasteiger partial charge in [0.2, 0.25) is 11.8 Å². The molecule has 1 aliphatic carbocycles. The fraction of sp³-hybridized carbons (Fsp3) is 0.316. The van der Waals surface area contributed by atoms with Crippen molar-refractivity contribution in [1.82, 2.24) is 10.2 Å². The van der Waals surface area contributed by atoms with Gasteiger partial charge in [0, 0.05) is 30.1 Å². The van der Waals surface area contributed by atoms with Crippen molar-refractivity contribution < 1.29 is 22.7 Å². The van der Waals surface area contributed by atoms with Crippen LogP contribution in [0.2, 0.25) is 5.02 Å². The quantitative estimate of drug-likeness (QED) is 0.164. The summed E-state index contributed by atoms with van der Waals surface area (Å²) in [6.45, 7) is 1.40. The van der Waals surface area contributed by atoms with Crippen molar-refractivity contribution in [3.05, 3.63) is 125 Å². The minimum atomic E-state index is -4.22. The molecule has 1 saturated carbocycles. The van der Waals surface area contributed by atoms with Crippen molar-refractivity contribution in [3.8, 4) is 5.75 Å². The third-order valence-corrected chi connectivity index (χ3v) is 10.8. The molecule has 1 N–H and O–H groups in total. The Bertz CT molecular complexity index is 1780. The summed E-state index contributed by atoms with van der Waals surface area (Å²) in [5.74, 6) is -0.346. The van der Waals surface area contributed by atoms with E-state index in [4.69, 9.17) is 16.3 Å². The van der Waals surface area contributed by atoms with E-state index in [9.17, 15) is 18.0 Å². The minimum Gasteiger partial charge on any atom is -0.497 e. The standard InChI is InChI=1S/C38H42ClN3O5S/c1-28-16-22-35(23-17-28)48(45,46)42(33-14-9-15-34(25-33)47-2)27-37(43)41(26-30-18-20-31(39)21-19-30)36(24-29-10-5-3-6-11-29)38(44)40-32-12-7-4-8-13-32/h3,5-6,9-11,14-23,25,32,36H,4,7-8,12-13,24,26-27H2,1-2H3,(H,40,44). The van der Waals surface area contributed by atoms with Gasteiger partial charge in [-0.3, -0.25) is 13.9 Å². The molecule has 4 aromatic rings. The molecule has 1 aliphatic rings. The van der Waals surface area contributed by atoms with E-state index in [0.29, 0.717) is 10.8 Å². The predicted octanol–water partition coefficient (Wildman–Crippen LogP) is 6.94. The van der Waals surface area contributed by atoms with Crippen LogP contribution < -0.4 is 14.4 Å². The molecule has 2 amide bonds. The number of sulfonamides is 1. The van der Waals surface area contributed by atoms with Crippen LogP contribution in [0.5, 0.6) is 5.75 Å². The molecular weight excluding hydrogens is 646 g/mol. The van der Waals surface area contributed by atoms with E-state index in [1.165, 1.54) is 24.1 Å². The fourth-order valence-electron chi connectivity index (χ4n) is 6.02. The molecule has 0 saturated heterocycles. The van der Waals surface area contributed by atoms with Gasteiger partial charge in [0.25, 0.3) is 10.0 Å². The second-order valence-corrected chi connectivity index (χ2v) is 14.5. The summed E-state index contributed by atoms with van der Waals surface area (Å²) in [4.78, 5) is 30.5. The highest BCUT2D eigenvalue weighted by Gasteiger charge is 2.35. The van der Waals surface area contributed by atoms with Crippen LogP contribution in [0.25, 0.3) is 0 Å². The van der Waals surface area contributed by atoms with Crippen LogP contribution >= 0.6 is 11.6 Å². The number of nitrogens with one attached hydrogen (secondary N) is 1. The van der Waals surface area contributed by atoms with Crippen LogP contribution in [0.15, 0.2) is 108 Å². The molecule has 4 aromatic carbocycles. The Balaban J connectivity index is 1.57. The Hall–Kier alpha value is -4.34. The van der Waals surface area contributed by atoms with E-state index in [0.717, 1.165) is 53.1 Å². The Morgan fingerprint density at radius 3 is 2.23 bits per heavy atom. The van der Waals surface area contributed by atoms with Crippen molar-refractivity contribution >= 4 is 39.1 Å². The Morgan fingerprint density at radius 2 is 1.56 bits per heavy atom. The maximum Gasteiger partial charge on any atom is 0.264 e. The number of hydrogen-bond acceptors (Lipinski definition) is 5. The summed E-state index contributed by atoms with van der Waals surface area (Å²) < 4.78 is 35.1. The van der Waals surface area contributed by atoms with Crippen LogP contribution in [-0.2, 0) is 32.6 Å². The molecule has 5 rings (SSSR count). The largest absolute Gasteiger partial charge is 0.497 e. The van der Waals surface area contributed by atoms with Gasteiger partial charge >= 0.3 is 0 Å². The monoisotopic (exact) mass is 687 g/mol. The topological polar surface area (TPSA) is 96.0 Å². The summed E-state index contributed by atoms with van der Waals surface area (Å²) in [7, 11) is -2.72.